The highest BCUT2D eigenvalue weighted by atomic mass is 19.4. The van der Waals surface area contributed by atoms with Gasteiger partial charge in [-0.25, -0.2) is 4.79 Å². The van der Waals surface area contributed by atoms with E-state index in [4.69, 9.17) is 0 Å². The van der Waals surface area contributed by atoms with Gasteiger partial charge in [-0.3, -0.25) is 10.1 Å². The molecule has 1 aromatic carbocycles. The zero-order valence-electron chi connectivity index (χ0n) is 13.3. The van der Waals surface area contributed by atoms with Crippen molar-refractivity contribution in [3.63, 3.8) is 0 Å². The number of ether oxygens (including phenoxy) is 1. The molecule has 6 nitrogen and oxygen atoms in total. The van der Waals surface area contributed by atoms with Gasteiger partial charge in [0.1, 0.15) is 0 Å². The Morgan fingerprint density at radius 3 is 2.46 bits per heavy atom. The topological polar surface area (TPSA) is 87.7 Å². The molecule has 0 saturated carbocycles. The van der Waals surface area contributed by atoms with Crippen LogP contribution in [0.4, 0.5) is 18.0 Å². The highest BCUT2D eigenvalue weighted by Crippen LogP contribution is 2.38. The number of carbonyl (C=O) groups is 2. The third kappa shape index (κ3) is 5.32. The SMILES string of the molecule is CCCCCNC(=O)NC(=O)c1cc(O)c(OC)cc1C(F)(F)F. The van der Waals surface area contributed by atoms with Crippen molar-refractivity contribution in [1.82, 2.24) is 10.6 Å². The minimum absolute atomic E-state index is 0.299. The van der Waals surface area contributed by atoms with Crippen LogP contribution in [0.3, 0.4) is 0 Å². The first kappa shape index (κ1) is 19.6. The predicted octanol–water partition coefficient (Wildman–Crippen LogP) is 3.05. The number of amides is 3. The number of halogens is 3. The van der Waals surface area contributed by atoms with Gasteiger partial charge in [0.25, 0.3) is 5.91 Å². The molecule has 0 aliphatic carbocycles. The number of imide groups is 1. The molecule has 0 aromatic heterocycles. The van der Waals surface area contributed by atoms with Crippen molar-refractivity contribution < 1.29 is 32.6 Å². The molecule has 9 heteroatoms. The van der Waals surface area contributed by atoms with Gasteiger partial charge in [-0.2, -0.15) is 13.2 Å². The number of hydrogen-bond acceptors (Lipinski definition) is 4. The van der Waals surface area contributed by atoms with Crippen LogP contribution in [-0.2, 0) is 6.18 Å². The fourth-order valence-electron chi connectivity index (χ4n) is 1.95. The molecule has 0 radical (unpaired) electrons. The van der Waals surface area contributed by atoms with E-state index in [-0.39, 0.29) is 0 Å². The van der Waals surface area contributed by atoms with Crippen LogP contribution in [0.1, 0.15) is 42.1 Å². The van der Waals surface area contributed by atoms with E-state index >= 15 is 0 Å². The quantitative estimate of drug-likeness (QED) is 0.690. The summed E-state index contributed by atoms with van der Waals surface area (Å²) < 4.78 is 43.8. The van der Waals surface area contributed by atoms with E-state index in [1.54, 1.807) is 0 Å². The number of urea groups is 1. The van der Waals surface area contributed by atoms with Crippen molar-refractivity contribution in [2.75, 3.05) is 13.7 Å². The molecule has 24 heavy (non-hydrogen) atoms. The summed E-state index contributed by atoms with van der Waals surface area (Å²) in [5, 5.41) is 13.8. The Kier molecular flexibility index (Phi) is 6.87. The summed E-state index contributed by atoms with van der Waals surface area (Å²) in [4.78, 5) is 23.5. The molecule has 0 spiro atoms. The third-order valence-electron chi connectivity index (χ3n) is 3.16. The van der Waals surface area contributed by atoms with Gasteiger partial charge in [0.05, 0.1) is 18.2 Å². The maximum atomic E-state index is 13.1. The fourth-order valence-corrected chi connectivity index (χ4v) is 1.95. The van der Waals surface area contributed by atoms with Gasteiger partial charge in [0.2, 0.25) is 0 Å². The van der Waals surface area contributed by atoms with Crippen LogP contribution in [0.15, 0.2) is 12.1 Å². The smallest absolute Gasteiger partial charge is 0.417 e. The summed E-state index contributed by atoms with van der Waals surface area (Å²) in [6, 6.07) is 0.213. The second-order valence-corrected chi connectivity index (χ2v) is 4.98. The van der Waals surface area contributed by atoms with Crippen LogP contribution in [-0.4, -0.2) is 30.7 Å². The van der Waals surface area contributed by atoms with Crippen molar-refractivity contribution in [2.45, 2.75) is 32.4 Å². The van der Waals surface area contributed by atoms with E-state index in [2.05, 4.69) is 10.1 Å². The van der Waals surface area contributed by atoms with Crippen molar-refractivity contribution in [1.29, 1.82) is 0 Å². The Labute approximate surface area is 137 Å². The van der Waals surface area contributed by atoms with Gasteiger partial charge in [-0.05, 0) is 18.6 Å². The molecular weight excluding hydrogens is 329 g/mol. The van der Waals surface area contributed by atoms with Gasteiger partial charge >= 0.3 is 12.2 Å². The lowest BCUT2D eigenvalue weighted by molar-refractivity contribution is -0.138. The lowest BCUT2D eigenvalue weighted by Crippen LogP contribution is -2.40. The molecule has 3 amide bonds. The molecule has 1 aromatic rings. The van der Waals surface area contributed by atoms with Crippen molar-refractivity contribution in [2.24, 2.45) is 0 Å². The number of carbonyl (C=O) groups excluding carboxylic acids is 2. The second kappa shape index (κ2) is 8.42. The number of phenolic OH excluding ortho intramolecular Hbond substituents is 1. The van der Waals surface area contributed by atoms with Crippen LogP contribution in [0.5, 0.6) is 11.5 Å². The average Bonchev–Trinajstić information content (AvgIpc) is 2.50. The van der Waals surface area contributed by atoms with E-state index in [1.807, 2.05) is 12.2 Å². The molecule has 0 bridgehead atoms. The summed E-state index contributed by atoms with van der Waals surface area (Å²) in [5.41, 5.74) is -2.18. The molecule has 0 heterocycles. The maximum Gasteiger partial charge on any atom is 0.417 e. The predicted molar refractivity (Wildman–Crippen MR) is 80.1 cm³/mol. The van der Waals surface area contributed by atoms with Crippen LogP contribution >= 0.6 is 0 Å². The zero-order chi connectivity index (χ0) is 18.3. The highest BCUT2D eigenvalue weighted by molar-refractivity contribution is 6.05. The zero-order valence-corrected chi connectivity index (χ0v) is 13.3. The third-order valence-corrected chi connectivity index (χ3v) is 3.16. The standard InChI is InChI=1S/C15H19F3N2O4/c1-3-4-5-6-19-14(23)20-13(22)9-7-11(21)12(24-2)8-10(9)15(16,17)18/h7-8,21H,3-6H2,1-2H3,(H2,19,20,22,23). The molecule has 134 valence electrons. The number of methoxy groups -OCH3 is 1. The van der Waals surface area contributed by atoms with Gasteiger partial charge < -0.3 is 15.2 Å². The molecule has 3 N–H and O–H groups in total. The molecule has 0 fully saturated rings. The minimum atomic E-state index is -4.86. The molecule has 0 aliphatic rings. The summed E-state index contributed by atoms with van der Waals surface area (Å²) in [5.74, 6) is -2.34. The Hall–Kier alpha value is -2.45. The summed E-state index contributed by atoms with van der Waals surface area (Å²) in [6.07, 6.45) is -2.36. The van der Waals surface area contributed by atoms with Crippen LogP contribution in [0.25, 0.3) is 0 Å². The van der Waals surface area contributed by atoms with Crippen LogP contribution in [0, 0.1) is 0 Å². The monoisotopic (exact) mass is 348 g/mol. The van der Waals surface area contributed by atoms with E-state index in [0.717, 1.165) is 20.0 Å². The molecule has 1 rings (SSSR count). The Bertz CT molecular complexity index is 603. The number of hydrogen-bond donors (Lipinski definition) is 3. The van der Waals surface area contributed by atoms with Gasteiger partial charge in [-0.15, -0.1) is 0 Å². The van der Waals surface area contributed by atoms with Crippen LogP contribution in [0.2, 0.25) is 0 Å². The van der Waals surface area contributed by atoms with Crippen molar-refractivity contribution in [3.05, 3.63) is 23.3 Å². The first-order valence-electron chi connectivity index (χ1n) is 7.28. The van der Waals surface area contributed by atoms with Crippen LogP contribution < -0.4 is 15.4 Å². The van der Waals surface area contributed by atoms with Crippen molar-refractivity contribution in [3.8, 4) is 11.5 Å². The molecule has 0 saturated heterocycles. The lowest BCUT2D eigenvalue weighted by atomic mass is 10.0. The Morgan fingerprint density at radius 1 is 1.25 bits per heavy atom. The van der Waals surface area contributed by atoms with Gasteiger partial charge in [0.15, 0.2) is 11.5 Å². The summed E-state index contributed by atoms with van der Waals surface area (Å²) in [6.45, 7) is 2.27. The summed E-state index contributed by atoms with van der Waals surface area (Å²) >= 11 is 0. The number of unbranched alkanes of at least 4 members (excludes halogenated alkanes) is 2. The number of rotatable bonds is 6. The second-order valence-electron chi connectivity index (χ2n) is 4.98. The fraction of sp³-hybridized carbons (Fsp3) is 0.467. The van der Waals surface area contributed by atoms with Crippen molar-refractivity contribution >= 4 is 11.9 Å². The van der Waals surface area contributed by atoms with E-state index in [0.29, 0.717) is 25.1 Å². The normalized spacial score (nSPS) is 11.0. The van der Waals surface area contributed by atoms with E-state index in [9.17, 15) is 27.9 Å². The molecule has 0 aliphatic heterocycles. The van der Waals surface area contributed by atoms with Gasteiger partial charge in [0, 0.05) is 6.54 Å². The van der Waals surface area contributed by atoms with Gasteiger partial charge in [-0.1, -0.05) is 19.8 Å². The van der Waals surface area contributed by atoms with E-state index in [1.165, 1.54) is 0 Å². The largest absolute Gasteiger partial charge is 0.504 e. The molecular formula is C15H19F3N2O4. The molecule has 0 atom stereocenters. The first-order chi connectivity index (χ1) is 11.2. The Balaban J connectivity index is 2.93. The first-order valence-corrected chi connectivity index (χ1v) is 7.28. The minimum Gasteiger partial charge on any atom is -0.504 e. The highest BCUT2D eigenvalue weighted by Gasteiger charge is 2.37. The number of nitrogens with one attached hydrogen (secondary N) is 2. The molecule has 0 unspecified atom stereocenters. The number of aromatic hydroxyl groups is 1. The Morgan fingerprint density at radius 2 is 1.92 bits per heavy atom. The van der Waals surface area contributed by atoms with E-state index < -0.39 is 40.7 Å². The maximum absolute atomic E-state index is 13.1. The lowest BCUT2D eigenvalue weighted by Gasteiger charge is -2.15. The number of benzene rings is 1. The average molecular weight is 348 g/mol. The number of alkyl halides is 3. The number of phenols is 1. The summed E-state index contributed by atoms with van der Waals surface area (Å²) in [7, 11) is 1.08.